The standard InChI is InChI=1S/C19H26N2O5/c22-17(23)10-3-1-2-4-11-20-18(24)14-7-5-8-15(13-14)21-19(25)16-9-6-12-26-16/h5,7-8,13,16H,1-4,6,9-12H2,(H,20,24)(H,21,25)(H,22,23). The first-order valence-corrected chi connectivity index (χ1v) is 9.09. The quantitative estimate of drug-likeness (QED) is 0.555. The summed E-state index contributed by atoms with van der Waals surface area (Å²) in [5.74, 6) is -1.14. The molecule has 1 aliphatic heterocycles. The number of rotatable bonds is 10. The van der Waals surface area contributed by atoms with E-state index in [1.807, 2.05) is 0 Å². The van der Waals surface area contributed by atoms with Crippen molar-refractivity contribution in [2.24, 2.45) is 0 Å². The van der Waals surface area contributed by atoms with Crippen LogP contribution in [0.15, 0.2) is 24.3 Å². The third kappa shape index (κ3) is 6.84. The van der Waals surface area contributed by atoms with Gasteiger partial charge >= 0.3 is 5.97 Å². The molecule has 0 aromatic heterocycles. The van der Waals surface area contributed by atoms with Crippen LogP contribution in [0.2, 0.25) is 0 Å². The van der Waals surface area contributed by atoms with Crippen LogP contribution < -0.4 is 10.6 Å². The summed E-state index contributed by atoms with van der Waals surface area (Å²) >= 11 is 0. The van der Waals surface area contributed by atoms with Gasteiger partial charge in [0.1, 0.15) is 6.10 Å². The summed E-state index contributed by atoms with van der Waals surface area (Å²) < 4.78 is 5.35. The Balaban J connectivity index is 1.71. The van der Waals surface area contributed by atoms with Gasteiger partial charge in [-0.15, -0.1) is 0 Å². The van der Waals surface area contributed by atoms with E-state index in [1.54, 1.807) is 24.3 Å². The Hall–Kier alpha value is -2.41. The minimum atomic E-state index is -0.773. The molecular formula is C19H26N2O5. The average Bonchev–Trinajstić information content (AvgIpc) is 3.15. The monoisotopic (exact) mass is 362 g/mol. The maximum Gasteiger partial charge on any atom is 0.303 e. The summed E-state index contributed by atoms with van der Waals surface area (Å²) in [6.45, 7) is 1.15. The lowest BCUT2D eigenvalue weighted by Gasteiger charge is -2.11. The molecule has 7 heteroatoms. The van der Waals surface area contributed by atoms with Gasteiger partial charge < -0.3 is 20.5 Å². The van der Waals surface area contributed by atoms with Crippen LogP contribution >= 0.6 is 0 Å². The van der Waals surface area contributed by atoms with E-state index in [1.165, 1.54) is 0 Å². The molecule has 1 saturated heterocycles. The van der Waals surface area contributed by atoms with Gasteiger partial charge in [-0.05, 0) is 43.9 Å². The summed E-state index contributed by atoms with van der Waals surface area (Å²) in [6, 6.07) is 6.82. The van der Waals surface area contributed by atoms with E-state index in [0.29, 0.717) is 30.8 Å². The molecule has 0 bridgehead atoms. The number of benzene rings is 1. The summed E-state index contributed by atoms with van der Waals surface area (Å²) in [5, 5.41) is 14.2. The first kappa shape index (κ1) is 19.9. The molecular weight excluding hydrogens is 336 g/mol. The number of unbranched alkanes of at least 4 members (excludes halogenated alkanes) is 3. The minimum Gasteiger partial charge on any atom is -0.481 e. The highest BCUT2D eigenvalue weighted by Gasteiger charge is 2.23. The van der Waals surface area contributed by atoms with Crippen LogP contribution in [0.3, 0.4) is 0 Å². The molecule has 142 valence electrons. The first-order valence-electron chi connectivity index (χ1n) is 9.09. The molecule has 2 rings (SSSR count). The van der Waals surface area contributed by atoms with Crippen LogP contribution in [0.25, 0.3) is 0 Å². The second-order valence-corrected chi connectivity index (χ2v) is 6.39. The lowest BCUT2D eigenvalue weighted by Crippen LogP contribution is -2.27. The van der Waals surface area contributed by atoms with E-state index < -0.39 is 12.1 Å². The van der Waals surface area contributed by atoms with Gasteiger partial charge in [-0.1, -0.05) is 18.9 Å². The Labute approximate surface area is 153 Å². The second-order valence-electron chi connectivity index (χ2n) is 6.39. The van der Waals surface area contributed by atoms with Crippen molar-refractivity contribution in [3.63, 3.8) is 0 Å². The maximum atomic E-state index is 12.2. The molecule has 3 N–H and O–H groups in total. The van der Waals surface area contributed by atoms with E-state index >= 15 is 0 Å². The van der Waals surface area contributed by atoms with Gasteiger partial charge in [0, 0.05) is 30.8 Å². The topological polar surface area (TPSA) is 105 Å². The number of anilines is 1. The molecule has 26 heavy (non-hydrogen) atoms. The van der Waals surface area contributed by atoms with Crippen molar-refractivity contribution in [3.05, 3.63) is 29.8 Å². The van der Waals surface area contributed by atoms with Crippen molar-refractivity contribution < 1.29 is 24.2 Å². The van der Waals surface area contributed by atoms with Crippen LogP contribution in [0, 0.1) is 0 Å². The summed E-state index contributed by atoms with van der Waals surface area (Å²) in [6.07, 6.45) is 4.58. The van der Waals surface area contributed by atoms with E-state index in [-0.39, 0.29) is 18.2 Å². The fourth-order valence-corrected chi connectivity index (χ4v) is 2.80. The van der Waals surface area contributed by atoms with Crippen LogP contribution in [-0.2, 0) is 14.3 Å². The van der Waals surface area contributed by atoms with Crippen molar-refractivity contribution in [2.75, 3.05) is 18.5 Å². The first-order chi connectivity index (χ1) is 12.6. The Morgan fingerprint density at radius 1 is 1.15 bits per heavy atom. The number of carbonyl (C=O) groups excluding carboxylic acids is 2. The van der Waals surface area contributed by atoms with Gasteiger partial charge in [-0.25, -0.2) is 0 Å². The molecule has 0 saturated carbocycles. The Kier molecular flexibility index (Phi) is 8.08. The third-order valence-corrected chi connectivity index (χ3v) is 4.22. The molecule has 1 aliphatic rings. The minimum absolute atomic E-state index is 0.179. The van der Waals surface area contributed by atoms with E-state index in [0.717, 1.165) is 32.1 Å². The summed E-state index contributed by atoms with van der Waals surface area (Å²) in [7, 11) is 0. The zero-order chi connectivity index (χ0) is 18.8. The van der Waals surface area contributed by atoms with Crippen molar-refractivity contribution in [2.45, 2.75) is 51.0 Å². The average molecular weight is 362 g/mol. The number of carbonyl (C=O) groups is 3. The normalized spacial score (nSPS) is 16.2. The van der Waals surface area contributed by atoms with Crippen molar-refractivity contribution in [3.8, 4) is 0 Å². The molecule has 1 fully saturated rings. The molecule has 2 amide bonds. The van der Waals surface area contributed by atoms with Crippen molar-refractivity contribution >= 4 is 23.5 Å². The number of nitrogens with one attached hydrogen (secondary N) is 2. The molecule has 7 nitrogen and oxygen atoms in total. The van der Waals surface area contributed by atoms with E-state index in [2.05, 4.69) is 10.6 Å². The lowest BCUT2D eigenvalue weighted by atomic mass is 10.1. The second kappa shape index (κ2) is 10.6. The Morgan fingerprint density at radius 3 is 2.69 bits per heavy atom. The van der Waals surface area contributed by atoms with Gasteiger partial charge in [-0.3, -0.25) is 14.4 Å². The van der Waals surface area contributed by atoms with Gasteiger partial charge in [0.15, 0.2) is 0 Å². The molecule has 0 radical (unpaired) electrons. The van der Waals surface area contributed by atoms with Crippen molar-refractivity contribution in [1.29, 1.82) is 0 Å². The largest absolute Gasteiger partial charge is 0.481 e. The van der Waals surface area contributed by atoms with E-state index in [9.17, 15) is 14.4 Å². The van der Waals surface area contributed by atoms with Crippen LogP contribution in [0.5, 0.6) is 0 Å². The number of hydrogen-bond donors (Lipinski definition) is 3. The fourth-order valence-electron chi connectivity index (χ4n) is 2.80. The number of ether oxygens (including phenoxy) is 1. The van der Waals surface area contributed by atoms with Crippen LogP contribution in [0.1, 0.15) is 55.3 Å². The number of aliphatic carboxylic acids is 1. The third-order valence-electron chi connectivity index (χ3n) is 4.22. The van der Waals surface area contributed by atoms with Crippen molar-refractivity contribution in [1.82, 2.24) is 5.32 Å². The molecule has 1 unspecified atom stereocenters. The molecule has 0 spiro atoms. The highest BCUT2D eigenvalue weighted by Crippen LogP contribution is 2.16. The Morgan fingerprint density at radius 2 is 1.96 bits per heavy atom. The van der Waals surface area contributed by atoms with Gasteiger partial charge in [0.2, 0.25) is 0 Å². The molecule has 1 atom stereocenters. The summed E-state index contributed by atoms with van der Waals surface area (Å²) in [5.41, 5.74) is 1.06. The van der Waals surface area contributed by atoms with Crippen LogP contribution in [-0.4, -0.2) is 42.1 Å². The smallest absolute Gasteiger partial charge is 0.303 e. The number of carboxylic acid groups (broad SMARTS) is 1. The van der Waals surface area contributed by atoms with Gasteiger partial charge in [0.05, 0.1) is 0 Å². The highest BCUT2D eigenvalue weighted by molar-refractivity contribution is 5.98. The number of carboxylic acids is 1. The lowest BCUT2D eigenvalue weighted by molar-refractivity contribution is -0.137. The van der Waals surface area contributed by atoms with Crippen LogP contribution in [0.4, 0.5) is 5.69 Å². The summed E-state index contributed by atoms with van der Waals surface area (Å²) in [4.78, 5) is 34.7. The molecule has 0 aliphatic carbocycles. The number of amides is 2. The highest BCUT2D eigenvalue weighted by atomic mass is 16.5. The SMILES string of the molecule is O=C(O)CCCCCCNC(=O)c1cccc(NC(=O)C2CCCO2)c1. The molecule has 1 aromatic rings. The zero-order valence-electron chi connectivity index (χ0n) is 14.8. The van der Waals surface area contributed by atoms with E-state index in [4.69, 9.17) is 9.84 Å². The van der Waals surface area contributed by atoms with Gasteiger partial charge in [0.25, 0.3) is 11.8 Å². The fraction of sp³-hybridized carbons (Fsp3) is 0.526. The molecule has 1 aromatic carbocycles. The molecule has 1 heterocycles. The predicted octanol–water partition coefficient (Wildman–Crippen LogP) is 2.57. The zero-order valence-corrected chi connectivity index (χ0v) is 14.8. The predicted molar refractivity (Wildman–Crippen MR) is 97.1 cm³/mol. The Bertz CT molecular complexity index is 626. The maximum absolute atomic E-state index is 12.2. The number of hydrogen-bond acceptors (Lipinski definition) is 4. The van der Waals surface area contributed by atoms with Gasteiger partial charge in [-0.2, -0.15) is 0 Å².